The summed E-state index contributed by atoms with van der Waals surface area (Å²) in [4.78, 5) is 13.6. The van der Waals surface area contributed by atoms with E-state index in [0.717, 1.165) is 0 Å². The fourth-order valence-electron chi connectivity index (χ4n) is 1.46. The maximum absolute atomic E-state index is 12.0. The van der Waals surface area contributed by atoms with Crippen molar-refractivity contribution in [2.75, 3.05) is 26.2 Å². The van der Waals surface area contributed by atoms with E-state index in [4.69, 9.17) is 10.8 Å². The van der Waals surface area contributed by atoms with Crippen molar-refractivity contribution in [3.05, 3.63) is 11.9 Å². The number of amides is 1. The van der Waals surface area contributed by atoms with E-state index in [2.05, 4.69) is 10.3 Å². The Morgan fingerprint density at radius 3 is 3.00 bits per heavy atom. The van der Waals surface area contributed by atoms with Crippen LogP contribution in [0.4, 0.5) is 0 Å². The van der Waals surface area contributed by atoms with Crippen LogP contribution in [0.25, 0.3) is 0 Å². The van der Waals surface area contributed by atoms with Gasteiger partial charge in [0.15, 0.2) is 5.69 Å². The van der Waals surface area contributed by atoms with Crippen molar-refractivity contribution in [2.45, 2.75) is 19.9 Å². The van der Waals surface area contributed by atoms with Crippen LogP contribution in [0, 0.1) is 0 Å². The number of aromatic nitrogens is 3. The van der Waals surface area contributed by atoms with Gasteiger partial charge >= 0.3 is 0 Å². The number of carbonyl (C=O) groups excluding carboxylic acids is 1. The highest BCUT2D eigenvalue weighted by atomic mass is 16.3. The molecule has 0 aliphatic rings. The second-order valence-corrected chi connectivity index (χ2v) is 3.62. The van der Waals surface area contributed by atoms with Crippen molar-refractivity contribution in [3.8, 4) is 0 Å². The van der Waals surface area contributed by atoms with E-state index >= 15 is 0 Å². The molecule has 0 radical (unpaired) electrons. The van der Waals surface area contributed by atoms with Crippen LogP contribution in [0.2, 0.25) is 0 Å². The molecule has 0 aliphatic carbocycles. The Balaban J connectivity index is 2.65. The van der Waals surface area contributed by atoms with Gasteiger partial charge in [0.2, 0.25) is 0 Å². The van der Waals surface area contributed by atoms with Crippen molar-refractivity contribution >= 4 is 5.91 Å². The zero-order chi connectivity index (χ0) is 12.7. The van der Waals surface area contributed by atoms with Gasteiger partial charge in [-0.1, -0.05) is 5.21 Å². The highest BCUT2D eigenvalue weighted by Crippen LogP contribution is 2.01. The molecule has 1 aromatic rings. The fourth-order valence-corrected chi connectivity index (χ4v) is 1.46. The summed E-state index contributed by atoms with van der Waals surface area (Å²) < 4.78 is 1.55. The number of aliphatic hydroxyl groups is 1. The first-order valence-electron chi connectivity index (χ1n) is 5.73. The molecule has 0 spiro atoms. The molecule has 1 aromatic heterocycles. The van der Waals surface area contributed by atoms with Crippen molar-refractivity contribution in [2.24, 2.45) is 5.73 Å². The third-order valence-corrected chi connectivity index (χ3v) is 2.37. The molecule has 1 rings (SSSR count). The van der Waals surface area contributed by atoms with Gasteiger partial charge in [0.1, 0.15) is 0 Å². The summed E-state index contributed by atoms with van der Waals surface area (Å²) in [5.41, 5.74) is 5.70. The third-order valence-electron chi connectivity index (χ3n) is 2.37. The van der Waals surface area contributed by atoms with Crippen LogP contribution in [-0.2, 0) is 6.54 Å². The molecule has 0 saturated carbocycles. The highest BCUT2D eigenvalue weighted by Gasteiger charge is 2.17. The van der Waals surface area contributed by atoms with Gasteiger partial charge in [0.25, 0.3) is 5.91 Å². The topological polar surface area (TPSA) is 97.3 Å². The van der Waals surface area contributed by atoms with Gasteiger partial charge in [-0.3, -0.25) is 9.48 Å². The van der Waals surface area contributed by atoms with E-state index in [9.17, 15) is 4.79 Å². The SMILES string of the molecule is CCN(CCCO)C(=O)c1cn(CCN)nn1. The first-order valence-corrected chi connectivity index (χ1v) is 5.73. The predicted octanol–water partition coefficient (Wildman–Crippen LogP) is -0.919. The molecule has 0 atom stereocenters. The first kappa shape index (κ1) is 13.6. The molecule has 0 fully saturated rings. The molecule has 0 bridgehead atoms. The molecule has 0 unspecified atom stereocenters. The van der Waals surface area contributed by atoms with Gasteiger partial charge in [-0.05, 0) is 13.3 Å². The molecule has 96 valence electrons. The summed E-state index contributed by atoms with van der Waals surface area (Å²) in [5, 5.41) is 16.4. The number of carbonyl (C=O) groups is 1. The van der Waals surface area contributed by atoms with Gasteiger partial charge in [-0.15, -0.1) is 5.10 Å². The molecule has 17 heavy (non-hydrogen) atoms. The van der Waals surface area contributed by atoms with Gasteiger partial charge in [0, 0.05) is 26.2 Å². The number of rotatable bonds is 7. The van der Waals surface area contributed by atoms with Crippen molar-refractivity contribution in [1.82, 2.24) is 19.9 Å². The molecule has 7 nitrogen and oxygen atoms in total. The van der Waals surface area contributed by atoms with Crippen molar-refractivity contribution in [1.29, 1.82) is 0 Å². The number of nitrogens with two attached hydrogens (primary N) is 1. The van der Waals surface area contributed by atoms with Gasteiger partial charge in [-0.2, -0.15) is 0 Å². The summed E-state index contributed by atoms with van der Waals surface area (Å²) in [5.74, 6) is -0.163. The van der Waals surface area contributed by atoms with E-state index in [0.29, 0.717) is 38.3 Å². The first-order chi connectivity index (χ1) is 8.22. The monoisotopic (exact) mass is 241 g/mol. The largest absolute Gasteiger partial charge is 0.396 e. The van der Waals surface area contributed by atoms with Crippen LogP contribution in [0.1, 0.15) is 23.8 Å². The number of nitrogens with zero attached hydrogens (tertiary/aromatic N) is 4. The lowest BCUT2D eigenvalue weighted by atomic mass is 10.3. The van der Waals surface area contributed by atoms with E-state index in [1.165, 1.54) is 0 Å². The minimum atomic E-state index is -0.163. The molecular formula is C10H19N5O2. The molecule has 1 amide bonds. The minimum Gasteiger partial charge on any atom is -0.396 e. The van der Waals surface area contributed by atoms with E-state index < -0.39 is 0 Å². The van der Waals surface area contributed by atoms with Crippen molar-refractivity contribution in [3.63, 3.8) is 0 Å². The summed E-state index contributed by atoms with van der Waals surface area (Å²) in [7, 11) is 0. The average Bonchev–Trinajstić information content (AvgIpc) is 2.79. The number of aliphatic hydroxyl groups excluding tert-OH is 1. The quantitative estimate of drug-likeness (QED) is 0.643. The summed E-state index contributed by atoms with van der Waals surface area (Å²) in [6.45, 7) is 4.07. The fraction of sp³-hybridized carbons (Fsp3) is 0.700. The smallest absolute Gasteiger partial charge is 0.276 e. The summed E-state index contributed by atoms with van der Waals surface area (Å²) in [6, 6.07) is 0. The molecule has 0 aromatic carbocycles. The van der Waals surface area contributed by atoms with E-state index in [-0.39, 0.29) is 12.5 Å². The second kappa shape index (κ2) is 6.97. The normalized spacial score (nSPS) is 10.5. The third kappa shape index (κ3) is 3.79. The second-order valence-electron chi connectivity index (χ2n) is 3.62. The zero-order valence-electron chi connectivity index (χ0n) is 10.0. The molecule has 0 saturated heterocycles. The van der Waals surface area contributed by atoms with Crippen LogP contribution < -0.4 is 5.73 Å². The van der Waals surface area contributed by atoms with Crippen molar-refractivity contribution < 1.29 is 9.90 Å². The lowest BCUT2D eigenvalue weighted by Gasteiger charge is -2.18. The van der Waals surface area contributed by atoms with Crippen LogP contribution >= 0.6 is 0 Å². The Kier molecular flexibility index (Phi) is 5.58. The minimum absolute atomic E-state index is 0.0731. The summed E-state index contributed by atoms with van der Waals surface area (Å²) >= 11 is 0. The number of hydrogen-bond donors (Lipinski definition) is 2. The number of hydrogen-bond acceptors (Lipinski definition) is 5. The molecule has 7 heteroatoms. The van der Waals surface area contributed by atoms with E-state index in [1.807, 2.05) is 6.92 Å². The van der Waals surface area contributed by atoms with Crippen LogP contribution in [0.5, 0.6) is 0 Å². The lowest BCUT2D eigenvalue weighted by Crippen LogP contribution is -2.32. The predicted molar refractivity (Wildman–Crippen MR) is 62.4 cm³/mol. The molecule has 3 N–H and O–H groups in total. The maximum Gasteiger partial charge on any atom is 0.276 e. The molecule has 1 heterocycles. The van der Waals surface area contributed by atoms with Gasteiger partial charge in [-0.25, -0.2) is 0 Å². The van der Waals surface area contributed by atoms with Crippen LogP contribution in [-0.4, -0.2) is 57.1 Å². The van der Waals surface area contributed by atoms with Crippen LogP contribution in [0.15, 0.2) is 6.20 Å². The average molecular weight is 241 g/mol. The molecule has 0 aliphatic heterocycles. The Morgan fingerprint density at radius 2 is 2.41 bits per heavy atom. The highest BCUT2D eigenvalue weighted by molar-refractivity contribution is 5.91. The summed E-state index contributed by atoms with van der Waals surface area (Å²) in [6.07, 6.45) is 2.16. The maximum atomic E-state index is 12.0. The molecular weight excluding hydrogens is 222 g/mol. The van der Waals surface area contributed by atoms with Crippen LogP contribution in [0.3, 0.4) is 0 Å². The Hall–Kier alpha value is -1.47. The Morgan fingerprint density at radius 1 is 1.65 bits per heavy atom. The Labute approximate surface area is 100 Å². The van der Waals surface area contributed by atoms with Gasteiger partial charge in [0.05, 0.1) is 12.7 Å². The standard InChI is InChI=1S/C10H19N5O2/c1-2-14(5-3-7-16)10(17)9-8-15(6-4-11)13-12-9/h8,16H,2-7,11H2,1H3. The Bertz CT molecular complexity index is 352. The zero-order valence-corrected chi connectivity index (χ0v) is 10.0. The lowest BCUT2D eigenvalue weighted by molar-refractivity contribution is 0.0748. The van der Waals surface area contributed by atoms with E-state index in [1.54, 1.807) is 15.8 Å². The van der Waals surface area contributed by atoms with Gasteiger partial charge < -0.3 is 15.7 Å².